The molecular weight excluding hydrogens is 182 g/mol. The molecule has 1 aliphatic rings. The van der Waals surface area contributed by atoms with E-state index in [0.29, 0.717) is 6.04 Å². The minimum Gasteiger partial charge on any atom is -0.289 e. The summed E-state index contributed by atoms with van der Waals surface area (Å²) in [7, 11) is 0. The Morgan fingerprint density at radius 3 is 2.73 bits per heavy atom. The van der Waals surface area contributed by atoms with Crippen LogP contribution < -0.4 is 0 Å². The fourth-order valence-corrected chi connectivity index (χ4v) is 2.26. The fraction of sp³-hybridized carbons (Fsp3) is 0.500. The van der Waals surface area contributed by atoms with Crippen molar-refractivity contribution in [2.24, 2.45) is 4.99 Å². The second kappa shape index (κ2) is 4.18. The van der Waals surface area contributed by atoms with Crippen LogP contribution in [0.2, 0.25) is 0 Å². The highest BCUT2D eigenvalue weighted by atomic mass is 14.8. The highest BCUT2D eigenvalue weighted by Gasteiger charge is 2.14. The number of aliphatic imine (C=N–C) groups is 1. The van der Waals surface area contributed by atoms with Crippen molar-refractivity contribution in [1.82, 2.24) is 0 Å². The summed E-state index contributed by atoms with van der Waals surface area (Å²) in [5, 5.41) is 0. The third-order valence-electron chi connectivity index (χ3n) is 3.17. The van der Waals surface area contributed by atoms with Gasteiger partial charge in [0.15, 0.2) is 0 Å². The van der Waals surface area contributed by atoms with E-state index >= 15 is 0 Å². The molecule has 0 saturated heterocycles. The Kier molecular flexibility index (Phi) is 2.90. The zero-order valence-electron chi connectivity index (χ0n) is 9.88. The first-order chi connectivity index (χ1) is 7.24. The number of benzene rings is 1. The van der Waals surface area contributed by atoms with Gasteiger partial charge in [0.1, 0.15) is 0 Å². The molecule has 0 fully saturated rings. The third kappa shape index (κ3) is 1.97. The Hall–Kier alpha value is -1.11. The minimum atomic E-state index is 0.453. The van der Waals surface area contributed by atoms with E-state index in [4.69, 9.17) is 0 Å². The van der Waals surface area contributed by atoms with Crippen LogP contribution in [-0.2, 0) is 19.3 Å². The van der Waals surface area contributed by atoms with Gasteiger partial charge in [-0.05, 0) is 48.4 Å². The summed E-state index contributed by atoms with van der Waals surface area (Å²) in [5.41, 5.74) is 5.80. The van der Waals surface area contributed by atoms with Crippen molar-refractivity contribution < 1.29 is 0 Å². The van der Waals surface area contributed by atoms with Crippen LogP contribution in [0.15, 0.2) is 17.1 Å². The van der Waals surface area contributed by atoms with Crippen LogP contribution in [0.5, 0.6) is 0 Å². The van der Waals surface area contributed by atoms with Gasteiger partial charge in [-0.2, -0.15) is 0 Å². The number of aryl methyl sites for hydroxylation is 2. The summed E-state index contributed by atoms with van der Waals surface area (Å²) in [6.45, 7) is 6.63. The molecule has 0 spiro atoms. The van der Waals surface area contributed by atoms with Crippen molar-refractivity contribution in [2.45, 2.75) is 46.1 Å². The summed E-state index contributed by atoms with van der Waals surface area (Å²) < 4.78 is 0. The van der Waals surface area contributed by atoms with Gasteiger partial charge in [-0.15, -0.1) is 0 Å². The quantitative estimate of drug-likeness (QED) is 0.697. The molecule has 1 nitrogen and oxygen atoms in total. The Morgan fingerprint density at radius 2 is 2.07 bits per heavy atom. The zero-order valence-corrected chi connectivity index (χ0v) is 9.88. The molecule has 0 aliphatic carbocycles. The Balaban J connectivity index is 2.52. The number of hydrogen-bond acceptors (Lipinski definition) is 1. The van der Waals surface area contributed by atoms with E-state index in [9.17, 15) is 0 Å². The molecule has 1 heterocycles. The van der Waals surface area contributed by atoms with Crippen LogP contribution >= 0.6 is 0 Å². The van der Waals surface area contributed by atoms with Crippen molar-refractivity contribution in [1.29, 1.82) is 0 Å². The van der Waals surface area contributed by atoms with Crippen molar-refractivity contribution in [3.63, 3.8) is 0 Å². The average molecular weight is 201 g/mol. The topological polar surface area (TPSA) is 12.4 Å². The van der Waals surface area contributed by atoms with Crippen molar-refractivity contribution in [3.8, 4) is 0 Å². The monoisotopic (exact) mass is 201 g/mol. The highest BCUT2D eigenvalue weighted by Crippen LogP contribution is 2.22. The normalized spacial score (nSPS) is 19.0. The van der Waals surface area contributed by atoms with Crippen LogP contribution in [-0.4, -0.2) is 12.3 Å². The van der Waals surface area contributed by atoms with E-state index in [-0.39, 0.29) is 0 Å². The van der Waals surface area contributed by atoms with Crippen LogP contribution in [0.1, 0.15) is 43.0 Å². The first-order valence-corrected chi connectivity index (χ1v) is 5.92. The number of rotatable bonds is 2. The first kappa shape index (κ1) is 10.4. The lowest BCUT2D eigenvalue weighted by molar-refractivity contribution is 0.729. The maximum absolute atomic E-state index is 4.51. The Bertz CT molecular complexity index is 391. The molecule has 0 bridgehead atoms. The summed E-state index contributed by atoms with van der Waals surface area (Å²) in [5.74, 6) is 0. The molecule has 80 valence electrons. The number of fused-ring (bicyclic) bond motifs is 1. The predicted octanol–water partition coefficient (Wildman–Crippen LogP) is 3.17. The second-order valence-electron chi connectivity index (χ2n) is 4.37. The molecule has 1 unspecified atom stereocenters. The molecule has 1 aromatic rings. The van der Waals surface area contributed by atoms with Crippen LogP contribution in [0.4, 0.5) is 0 Å². The molecule has 0 saturated carbocycles. The minimum absolute atomic E-state index is 0.453. The predicted molar refractivity (Wildman–Crippen MR) is 66.0 cm³/mol. The average Bonchev–Trinajstić information content (AvgIpc) is 2.26. The molecule has 0 N–H and O–H groups in total. The van der Waals surface area contributed by atoms with Crippen molar-refractivity contribution in [2.75, 3.05) is 0 Å². The van der Waals surface area contributed by atoms with E-state index in [2.05, 4.69) is 44.1 Å². The molecule has 0 radical (unpaired) electrons. The van der Waals surface area contributed by atoms with Crippen molar-refractivity contribution >= 4 is 6.21 Å². The summed E-state index contributed by atoms with van der Waals surface area (Å²) >= 11 is 0. The summed E-state index contributed by atoms with van der Waals surface area (Å²) in [6, 6.07) is 5.14. The van der Waals surface area contributed by atoms with E-state index in [1.54, 1.807) is 0 Å². The lowest BCUT2D eigenvalue weighted by atomic mass is 9.91. The van der Waals surface area contributed by atoms with E-state index < -0.39 is 0 Å². The molecule has 2 rings (SSSR count). The lowest BCUT2D eigenvalue weighted by Crippen LogP contribution is -2.14. The van der Waals surface area contributed by atoms with E-state index in [0.717, 1.165) is 19.3 Å². The Labute approximate surface area is 92.2 Å². The maximum Gasteiger partial charge on any atom is 0.0512 e. The molecule has 1 aromatic carbocycles. The lowest BCUT2D eigenvalue weighted by Gasteiger charge is -2.19. The van der Waals surface area contributed by atoms with Crippen LogP contribution in [0, 0.1) is 0 Å². The molecule has 15 heavy (non-hydrogen) atoms. The number of nitrogens with zero attached hydrogens (tertiary/aromatic N) is 1. The van der Waals surface area contributed by atoms with Crippen LogP contribution in [0.25, 0.3) is 0 Å². The van der Waals surface area contributed by atoms with Crippen molar-refractivity contribution in [3.05, 3.63) is 34.4 Å². The van der Waals surface area contributed by atoms with Gasteiger partial charge in [-0.3, -0.25) is 4.99 Å². The smallest absolute Gasteiger partial charge is 0.0512 e. The molecule has 1 aliphatic heterocycles. The van der Waals surface area contributed by atoms with Gasteiger partial charge in [0.2, 0.25) is 0 Å². The summed E-state index contributed by atoms with van der Waals surface area (Å²) in [4.78, 5) is 4.51. The maximum atomic E-state index is 4.51. The SMILES string of the molecule is CCc1cc(CC)c2c(c1)CC(C)N=C2. The summed E-state index contributed by atoms with van der Waals surface area (Å²) in [6.07, 6.45) is 5.41. The van der Waals surface area contributed by atoms with Gasteiger partial charge < -0.3 is 0 Å². The largest absolute Gasteiger partial charge is 0.289 e. The highest BCUT2D eigenvalue weighted by molar-refractivity contribution is 5.85. The van der Waals surface area contributed by atoms with Gasteiger partial charge in [0.25, 0.3) is 0 Å². The van der Waals surface area contributed by atoms with Gasteiger partial charge in [0.05, 0.1) is 6.04 Å². The fourth-order valence-electron chi connectivity index (χ4n) is 2.26. The van der Waals surface area contributed by atoms with Crippen LogP contribution in [0.3, 0.4) is 0 Å². The van der Waals surface area contributed by atoms with E-state index in [1.807, 2.05) is 0 Å². The molecular formula is C14H19N. The first-order valence-electron chi connectivity index (χ1n) is 5.92. The van der Waals surface area contributed by atoms with Gasteiger partial charge in [-0.1, -0.05) is 26.0 Å². The molecule has 1 heteroatoms. The second-order valence-corrected chi connectivity index (χ2v) is 4.37. The van der Waals surface area contributed by atoms with Gasteiger partial charge >= 0.3 is 0 Å². The Morgan fingerprint density at radius 1 is 1.27 bits per heavy atom. The zero-order chi connectivity index (χ0) is 10.8. The van der Waals surface area contributed by atoms with E-state index in [1.165, 1.54) is 22.3 Å². The van der Waals surface area contributed by atoms with Gasteiger partial charge in [0, 0.05) is 6.21 Å². The number of hydrogen-bond donors (Lipinski definition) is 0. The van der Waals surface area contributed by atoms with Gasteiger partial charge in [-0.25, -0.2) is 0 Å². The standard InChI is InChI=1S/C14H19N/c1-4-11-7-12(5-2)14-9-15-10(3)6-13(14)8-11/h7-10H,4-6H2,1-3H3. The molecule has 0 aromatic heterocycles. The third-order valence-corrected chi connectivity index (χ3v) is 3.17. The molecule has 0 amide bonds. The molecule has 1 atom stereocenters.